The van der Waals surface area contributed by atoms with Crippen LogP contribution in [0.1, 0.15) is 35.0 Å². The number of hydrogen-bond acceptors (Lipinski definition) is 7. The minimum absolute atomic E-state index is 0.359. The molecule has 2 aromatic rings. The van der Waals surface area contributed by atoms with Crippen LogP contribution in [0.2, 0.25) is 0 Å². The van der Waals surface area contributed by atoms with E-state index in [1.165, 1.54) is 11.3 Å². The highest BCUT2D eigenvalue weighted by atomic mass is 32.1. The van der Waals surface area contributed by atoms with Crippen LogP contribution in [-0.4, -0.2) is 38.6 Å². The molecule has 19 heavy (non-hydrogen) atoms. The summed E-state index contributed by atoms with van der Waals surface area (Å²) < 4.78 is 6.59. The van der Waals surface area contributed by atoms with Gasteiger partial charge >= 0.3 is 0 Å². The highest BCUT2D eigenvalue weighted by Gasteiger charge is 2.17. The molecule has 2 aromatic heterocycles. The lowest BCUT2D eigenvalue weighted by molar-refractivity contribution is 0.111. The zero-order chi connectivity index (χ0) is 13.8. The Morgan fingerprint density at radius 3 is 2.79 bits per heavy atom. The van der Waals surface area contributed by atoms with Gasteiger partial charge in [0.25, 0.3) is 0 Å². The topological polar surface area (TPSA) is 82.8 Å². The highest BCUT2D eigenvalue weighted by Crippen LogP contribution is 2.19. The lowest BCUT2D eigenvalue weighted by atomic mass is 10.1. The van der Waals surface area contributed by atoms with E-state index >= 15 is 0 Å². The Balaban J connectivity index is 2.37. The van der Waals surface area contributed by atoms with Crippen LogP contribution in [0.25, 0.3) is 5.13 Å². The number of carbonyl (C=O) groups excluding carboxylic acids is 1. The van der Waals surface area contributed by atoms with E-state index in [0.29, 0.717) is 29.8 Å². The van der Waals surface area contributed by atoms with Crippen molar-refractivity contribution < 1.29 is 9.53 Å². The van der Waals surface area contributed by atoms with Gasteiger partial charge in [-0.15, -0.1) is 15.3 Å². The summed E-state index contributed by atoms with van der Waals surface area (Å²) in [5, 5.41) is 17.3. The molecule has 7 nitrogen and oxygen atoms in total. The summed E-state index contributed by atoms with van der Waals surface area (Å²) in [4.78, 5) is 11.0. The largest absolute Gasteiger partial charge is 0.377 e. The Labute approximate surface area is 114 Å². The van der Waals surface area contributed by atoms with Crippen LogP contribution in [0.3, 0.4) is 0 Å². The van der Waals surface area contributed by atoms with E-state index in [2.05, 4.69) is 34.4 Å². The number of hydrogen-bond donors (Lipinski definition) is 0. The fourth-order valence-electron chi connectivity index (χ4n) is 1.65. The van der Waals surface area contributed by atoms with E-state index < -0.39 is 0 Å². The predicted octanol–water partition coefficient (Wildman–Crippen LogP) is 1.28. The first-order valence-corrected chi connectivity index (χ1v) is 6.68. The van der Waals surface area contributed by atoms with Gasteiger partial charge in [0.1, 0.15) is 17.3 Å². The van der Waals surface area contributed by atoms with Crippen LogP contribution in [0.5, 0.6) is 0 Å². The molecule has 0 radical (unpaired) electrons. The molecule has 0 amide bonds. The summed E-state index contributed by atoms with van der Waals surface area (Å²) >= 11 is 1.37. The zero-order valence-electron chi connectivity index (χ0n) is 11.0. The highest BCUT2D eigenvalue weighted by molar-refractivity contribution is 7.13. The van der Waals surface area contributed by atoms with E-state index in [-0.39, 0.29) is 0 Å². The van der Waals surface area contributed by atoms with Crippen molar-refractivity contribution in [2.24, 2.45) is 5.92 Å². The Morgan fingerprint density at radius 2 is 2.16 bits per heavy atom. The molecule has 0 fully saturated rings. The van der Waals surface area contributed by atoms with Crippen LogP contribution < -0.4 is 0 Å². The van der Waals surface area contributed by atoms with Crippen LogP contribution in [0, 0.1) is 5.92 Å². The molecule has 0 N–H and O–H groups in total. The third-order valence-corrected chi connectivity index (χ3v) is 3.28. The molecule has 2 rings (SSSR count). The van der Waals surface area contributed by atoms with Crippen molar-refractivity contribution in [3.05, 3.63) is 16.4 Å². The van der Waals surface area contributed by atoms with Gasteiger partial charge in [-0.25, -0.2) is 0 Å². The van der Waals surface area contributed by atoms with E-state index in [4.69, 9.17) is 4.74 Å². The molecule has 0 aliphatic rings. The average Bonchev–Trinajstić information content (AvgIpc) is 2.95. The van der Waals surface area contributed by atoms with Crippen molar-refractivity contribution in [2.75, 3.05) is 7.11 Å². The quantitative estimate of drug-likeness (QED) is 0.742. The van der Waals surface area contributed by atoms with Gasteiger partial charge in [-0.2, -0.15) is 4.68 Å². The third-order valence-electron chi connectivity index (χ3n) is 2.41. The molecule has 0 aromatic carbocycles. The van der Waals surface area contributed by atoms with Crippen molar-refractivity contribution in [1.29, 1.82) is 0 Å². The second-order valence-corrected chi connectivity index (χ2v) is 5.50. The van der Waals surface area contributed by atoms with Gasteiger partial charge in [0, 0.05) is 7.11 Å². The first-order chi connectivity index (χ1) is 9.15. The average molecular weight is 281 g/mol. The van der Waals surface area contributed by atoms with Crippen LogP contribution in [0.4, 0.5) is 0 Å². The third kappa shape index (κ3) is 3.02. The smallest absolute Gasteiger partial charge is 0.234 e. The fraction of sp³-hybridized carbons (Fsp3) is 0.545. The molecule has 0 bridgehead atoms. The monoisotopic (exact) mass is 281 g/mol. The summed E-state index contributed by atoms with van der Waals surface area (Å²) in [6.07, 6.45) is 1.43. The summed E-state index contributed by atoms with van der Waals surface area (Å²) in [6, 6.07) is 0. The molecule has 102 valence electrons. The maximum atomic E-state index is 11.0. The van der Waals surface area contributed by atoms with Crippen molar-refractivity contribution in [2.45, 2.75) is 26.9 Å². The fourth-order valence-corrected chi connectivity index (χ4v) is 2.43. The van der Waals surface area contributed by atoms with Crippen molar-refractivity contribution in [1.82, 2.24) is 25.2 Å². The van der Waals surface area contributed by atoms with Gasteiger partial charge in [0.05, 0.1) is 5.69 Å². The van der Waals surface area contributed by atoms with Crippen molar-refractivity contribution in [3.8, 4) is 5.13 Å². The number of aromatic nitrogens is 5. The molecule has 0 saturated heterocycles. The van der Waals surface area contributed by atoms with Crippen LogP contribution >= 0.6 is 11.3 Å². The zero-order valence-corrected chi connectivity index (χ0v) is 11.8. The minimum atomic E-state index is 0.359. The molecule has 0 aliphatic heterocycles. The van der Waals surface area contributed by atoms with E-state index in [1.807, 2.05) is 0 Å². The second-order valence-electron chi connectivity index (χ2n) is 4.46. The Bertz CT molecular complexity index is 563. The Kier molecular flexibility index (Phi) is 4.33. The predicted molar refractivity (Wildman–Crippen MR) is 69.5 cm³/mol. The van der Waals surface area contributed by atoms with E-state index in [0.717, 1.165) is 17.0 Å². The van der Waals surface area contributed by atoms with E-state index in [1.54, 1.807) is 11.8 Å². The summed E-state index contributed by atoms with van der Waals surface area (Å²) in [7, 11) is 1.60. The Hall–Kier alpha value is -1.67. The summed E-state index contributed by atoms with van der Waals surface area (Å²) in [5.41, 5.74) is 1.13. The normalized spacial score (nSPS) is 11.2. The number of carbonyl (C=O) groups is 1. The summed E-state index contributed by atoms with van der Waals surface area (Å²) in [6.45, 7) is 4.55. The first-order valence-electron chi connectivity index (χ1n) is 5.87. The molecule has 0 unspecified atom stereocenters. The van der Waals surface area contributed by atoms with Gasteiger partial charge < -0.3 is 4.74 Å². The summed E-state index contributed by atoms with van der Waals surface area (Å²) in [5.74, 6) is 0.391. The molecular formula is C11H15N5O2S. The van der Waals surface area contributed by atoms with Gasteiger partial charge in [-0.1, -0.05) is 30.4 Å². The minimum Gasteiger partial charge on any atom is -0.377 e. The van der Waals surface area contributed by atoms with Gasteiger partial charge in [-0.3, -0.25) is 4.79 Å². The molecule has 0 saturated carbocycles. The van der Waals surface area contributed by atoms with Crippen LogP contribution in [-0.2, 0) is 17.8 Å². The van der Waals surface area contributed by atoms with E-state index in [9.17, 15) is 4.79 Å². The number of rotatable bonds is 6. The molecular weight excluding hydrogens is 266 g/mol. The lowest BCUT2D eigenvalue weighted by Crippen LogP contribution is -2.06. The van der Waals surface area contributed by atoms with Crippen molar-refractivity contribution >= 4 is 17.6 Å². The van der Waals surface area contributed by atoms with Gasteiger partial charge in [0.15, 0.2) is 6.29 Å². The molecule has 0 spiro atoms. The number of nitrogens with zero attached hydrogens (tertiary/aromatic N) is 5. The number of ether oxygens (including phenoxy) is 1. The SMILES string of the molecule is COCc1nnc(-n2nnc(C=O)c2CC(C)C)s1. The maximum Gasteiger partial charge on any atom is 0.234 e. The standard InChI is InChI=1S/C11H15N5O2S/c1-7(2)4-9-8(5-17)12-15-16(9)11-14-13-10(19-11)6-18-3/h5,7H,4,6H2,1-3H3. The maximum absolute atomic E-state index is 11.0. The second kappa shape index (κ2) is 5.98. The van der Waals surface area contributed by atoms with Crippen LogP contribution in [0.15, 0.2) is 0 Å². The van der Waals surface area contributed by atoms with Gasteiger partial charge in [0.2, 0.25) is 5.13 Å². The molecule has 8 heteroatoms. The molecule has 0 atom stereocenters. The number of methoxy groups -OCH3 is 1. The molecule has 0 aliphatic carbocycles. The lowest BCUT2D eigenvalue weighted by Gasteiger charge is -2.05. The number of aldehydes is 1. The molecule has 2 heterocycles. The Morgan fingerprint density at radius 1 is 1.37 bits per heavy atom. The van der Waals surface area contributed by atoms with Crippen molar-refractivity contribution in [3.63, 3.8) is 0 Å². The first kappa shape index (κ1) is 13.8. The van der Waals surface area contributed by atoms with Gasteiger partial charge in [-0.05, 0) is 12.3 Å².